The minimum absolute atomic E-state index is 0.0316. The van der Waals surface area contributed by atoms with Crippen LogP contribution in [0.1, 0.15) is 57.0 Å². The molecule has 5 heteroatoms. The summed E-state index contributed by atoms with van der Waals surface area (Å²) in [5.74, 6) is 1.48. The van der Waals surface area contributed by atoms with Crippen LogP contribution in [-0.4, -0.2) is 25.6 Å². The van der Waals surface area contributed by atoms with E-state index in [1.165, 1.54) is 44.5 Å². The number of nitrogens with one attached hydrogen (secondary N) is 2. The van der Waals surface area contributed by atoms with Crippen LogP contribution in [0.15, 0.2) is 48.5 Å². The summed E-state index contributed by atoms with van der Waals surface area (Å²) in [6, 6.07) is 16.8. The molecule has 0 saturated carbocycles. The van der Waals surface area contributed by atoms with Crippen LogP contribution in [0.3, 0.4) is 0 Å². The summed E-state index contributed by atoms with van der Waals surface area (Å²) in [5, 5.41) is 6.78. The maximum atomic E-state index is 13.2. The van der Waals surface area contributed by atoms with E-state index in [1.54, 1.807) is 7.11 Å². The zero-order valence-electron chi connectivity index (χ0n) is 22.5. The summed E-state index contributed by atoms with van der Waals surface area (Å²) < 4.78 is 5.60. The van der Waals surface area contributed by atoms with E-state index in [2.05, 4.69) is 79.9 Å². The molecule has 1 aliphatic carbocycles. The van der Waals surface area contributed by atoms with Crippen molar-refractivity contribution in [3.8, 4) is 5.75 Å². The average Bonchev–Trinajstić information content (AvgIpc) is 3.28. The van der Waals surface area contributed by atoms with Crippen molar-refractivity contribution in [1.29, 1.82) is 0 Å². The molecule has 3 aromatic rings. The molecule has 194 valence electrons. The number of carbonyl (C=O) groups is 1. The van der Waals surface area contributed by atoms with Gasteiger partial charge in [-0.15, -0.1) is 0 Å². The van der Waals surface area contributed by atoms with Gasteiger partial charge in [-0.05, 0) is 110 Å². The van der Waals surface area contributed by atoms with Crippen molar-refractivity contribution >= 4 is 11.6 Å². The third-order valence-electron chi connectivity index (χ3n) is 8.13. The Balaban J connectivity index is 1.27. The topological polar surface area (TPSA) is 76.4 Å². The number of benzene rings is 3. The Morgan fingerprint density at radius 3 is 2.65 bits per heavy atom. The Bertz CT molecular complexity index is 1290. The number of amides is 1. The van der Waals surface area contributed by atoms with Gasteiger partial charge in [-0.25, -0.2) is 0 Å². The van der Waals surface area contributed by atoms with Crippen LogP contribution < -0.4 is 21.1 Å². The monoisotopic (exact) mass is 497 g/mol. The number of carbonyl (C=O) groups excluding carboxylic acids is 1. The predicted octanol–water partition coefficient (Wildman–Crippen LogP) is 5.12. The number of hydrogen-bond acceptors (Lipinski definition) is 4. The Hall–Kier alpha value is -3.31. The first-order valence-corrected chi connectivity index (χ1v) is 13.5. The van der Waals surface area contributed by atoms with Crippen LogP contribution in [0.5, 0.6) is 5.75 Å². The number of hydrogen-bond donors (Lipinski definition) is 3. The molecule has 1 heterocycles. The molecule has 3 atom stereocenters. The first-order valence-electron chi connectivity index (χ1n) is 13.5. The maximum Gasteiger partial charge on any atom is 0.237 e. The molecule has 0 fully saturated rings. The summed E-state index contributed by atoms with van der Waals surface area (Å²) in [5.41, 5.74) is 17.6. The molecule has 5 nitrogen and oxygen atoms in total. The number of methoxy groups -OCH3 is 1. The number of anilines is 1. The highest BCUT2D eigenvalue weighted by molar-refractivity contribution is 5.82. The van der Waals surface area contributed by atoms with Gasteiger partial charge < -0.3 is 21.1 Å². The van der Waals surface area contributed by atoms with E-state index >= 15 is 0 Å². The van der Waals surface area contributed by atoms with Crippen molar-refractivity contribution in [2.75, 3.05) is 19.0 Å². The van der Waals surface area contributed by atoms with Crippen LogP contribution in [0.25, 0.3) is 0 Å². The van der Waals surface area contributed by atoms with E-state index in [0.29, 0.717) is 12.3 Å². The molecule has 0 spiro atoms. The van der Waals surface area contributed by atoms with Gasteiger partial charge in [0.1, 0.15) is 5.75 Å². The van der Waals surface area contributed by atoms with Gasteiger partial charge in [0.05, 0.1) is 19.2 Å². The fraction of sp³-hybridized carbons (Fsp3) is 0.406. The van der Waals surface area contributed by atoms with Crippen molar-refractivity contribution in [3.63, 3.8) is 0 Å². The maximum absolute atomic E-state index is 13.2. The molecule has 0 aromatic heterocycles. The van der Waals surface area contributed by atoms with Gasteiger partial charge in [-0.2, -0.15) is 0 Å². The number of fused-ring (bicyclic) bond motifs is 2. The lowest BCUT2D eigenvalue weighted by atomic mass is 9.90. The fourth-order valence-electron chi connectivity index (χ4n) is 6.34. The molecule has 4 N–H and O–H groups in total. The molecule has 2 aliphatic rings. The number of nitrogens with two attached hydrogens (primary N) is 1. The van der Waals surface area contributed by atoms with E-state index in [0.717, 1.165) is 43.7 Å². The van der Waals surface area contributed by atoms with E-state index < -0.39 is 6.04 Å². The van der Waals surface area contributed by atoms with Gasteiger partial charge in [0.25, 0.3) is 0 Å². The van der Waals surface area contributed by atoms with E-state index in [4.69, 9.17) is 10.5 Å². The van der Waals surface area contributed by atoms with Gasteiger partial charge >= 0.3 is 0 Å². The predicted molar refractivity (Wildman–Crippen MR) is 150 cm³/mol. The molecular weight excluding hydrogens is 458 g/mol. The summed E-state index contributed by atoms with van der Waals surface area (Å²) in [6.45, 7) is 7.13. The second-order valence-corrected chi connectivity index (χ2v) is 11.0. The molecule has 0 bridgehead atoms. The second-order valence-electron chi connectivity index (χ2n) is 11.0. The second kappa shape index (κ2) is 10.6. The van der Waals surface area contributed by atoms with Gasteiger partial charge in [-0.1, -0.05) is 42.0 Å². The lowest BCUT2D eigenvalue weighted by molar-refractivity contribution is -0.123. The smallest absolute Gasteiger partial charge is 0.237 e. The highest BCUT2D eigenvalue weighted by atomic mass is 16.5. The first kappa shape index (κ1) is 25.3. The number of rotatable bonds is 7. The fourth-order valence-corrected chi connectivity index (χ4v) is 6.34. The molecular formula is C32H39N3O2. The van der Waals surface area contributed by atoms with Gasteiger partial charge in [0.15, 0.2) is 0 Å². The third-order valence-corrected chi connectivity index (χ3v) is 8.13. The molecule has 1 amide bonds. The van der Waals surface area contributed by atoms with Gasteiger partial charge in [0.2, 0.25) is 5.91 Å². The van der Waals surface area contributed by atoms with Crippen LogP contribution >= 0.6 is 0 Å². The summed E-state index contributed by atoms with van der Waals surface area (Å²) >= 11 is 0. The Morgan fingerprint density at radius 2 is 1.89 bits per heavy atom. The average molecular weight is 498 g/mol. The van der Waals surface area contributed by atoms with Crippen molar-refractivity contribution in [2.45, 2.75) is 65.0 Å². The van der Waals surface area contributed by atoms with Crippen LogP contribution in [0, 0.1) is 26.7 Å². The minimum Gasteiger partial charge on any atom is -0.496 e. The van der Waals surface area contributed by atoms with Crippen molar-refractivity contribution in [2.24, 2.45) is 11.7 Å². The largest absolute Gasteiger partial charge is 0.496 e. The van der Waals surface area contributed by atoms with Crippen molar-refractivity contribution in [3.05, 3.63) is 93.0 Å². The standard InChI is InChI=1S/C32H39N3O2/c1-19-12-20(2)25(21(3)13-19)18-28(33)32(36)35-30-10-11-34-29-9-8-22(16-27(29)30)14-23-15-24-6-5-7-31(37-4)26(24)17-23/h5-9,12-13,16,23,28,30,34H,10-11,14-15,17-18,33H2,1-4H3,(H,35,36)/t23?,28-,30+/m0/s1. The highest BCUT2D eigenvalue weighted by Gasteiger charge is 2.27. The molecule has 37 heavy (non-hydrogen) atoms. The van der Waals surface area contributed by atoms with Crippen LogP contribution in [-0.2, 0) is 30.5 Å². The third kappa shape index (κ3) is 5.37. The molecule has 0 saturated heterocycles. The highest BCUT2D eigenvalue weighted by Crippen LogP contribution is 2.37. The quantitative estimate of drug-likeness (QED) is 0.423. The number of aryl methyl sites for hydroxylation is 3. The van der Waals surface area contributed by atoms with Gasteiger partial charge in [0, 0.05) is 12.2 Å². The van der Waals surface area contributed by atoms with E-state index in [-0.39, 0.29) is 11.9 Å². The van der Waals surface area contributed by atoms with Crippen molar-refractivity contribution < 1.29 is 9.53 Å². The van der Waals surface area contributed by atoms with E-state index in [1.807, 2.05) is 0 Å². The Morgan fingerprint density at radius 1 is 1.11 bits per heavy atom. The summed E-state index contributed by atoms with van der Waals surface area (Å²) in [7, 11) is 1.75. The lowest BCUT2D eigenvalue weighted by Gasteiger charge is -2.29. The normalized spacial score (nSPS) is 18.9. The minimum atomic E-state index is -0.575. The van der Waals surface area contributed by atoms with Crippen LogP contribution in [0.2, 0.25) is 0 Å². The molecule has 1 aliphatic heterocycles. The summed E-state index contributed by atoms with van der Waals surface area (Å²) in [4.78, 5) is 13.2. The SMILES string of the molecule is COc1cccc2c1CC(Cc1ccc3c(c1)[C@H](NC(=O)[C@@H](N)Cc1c(C)cc(C)cc1C)CCN3)C2. The molecule has 1 unspecified atom stereocenters. The zero-order valence-corrected chi connectivity index (χ0v) is 22.5. The Labute approximate surface area is 220 Å². The summed E-state index contributed by atoms with van der Waals surface area (Å²) in [6.07, 6.45) is 4.53. The van der Waals surface area contributed by atoms with Crippen molar-refractivity contribution in [1.82, 2.24) is 5.32 Å². The Kier molecular flexibility index (Phi) is 7.25. The number of ether oxygens (including phenoxy) is 1. The van der Waals surface area contributed by atoms with Gasteiger partial charge in [-0.3, -0.25) is 4.79 Å². The molecule has 3 aromatic carbocycles. The first-order chi connectivity index (χ1) is 17.8. The zero-order chi connectivity index (χ0) is 26.1. The van der Waals surface area contributed by atoms with Crippen LogP contribution in [0.4, 0.5) is 5.69 Å². The van der Waals surface area contributed by atoms with E-state index in [9.17, 15) is 4.79 Å². The molecule has 5 rings (SSSR count). The lowest BCUT2D eigenvalue weighted by Crippen LogP contribution is -2.44. The molecule has 0 radical (unpaired) electrons.